The number of rotatable bonds is 4. The van der Waals surface area contributed by atoms with Crippen LogP contribution in [0.2, 0.25) is 0 Å². The molecule has 2 unspecified atom stereocenters. The normalized spacial score (nSPS) is 32.6. The standard InChI is InChI=1S/C14H21NO3S/c16-14(9-11-3-1-2-4-11)15(12-5-6-12)13-7-8-19(17,18)10-13/h1,3,11-13H,2,4-10H2. The first kappa shape index (κ1) is 13.2. The van der Waals surface area contributed by atoms with E-state index < -0.39 is 9.84 Å². The van der Waals surface area contributed by atoms with Gasteiger partial charge < -0.3 is 4.90 Å². The molecule has 19 heavy (non-hydrogen) atoms. The largest absolute Gasteiger partial charge is 0.336 e. The molecule has 0 aromatic heterocycles. The van der Waals surface area contributed by atoms with Gasteiger partial charge in [0.2, 0.25) is 5.91 Å². The van der Waals surface area contributed by atoms with E-state index in [4.69, 9.17) is 0 Å². The highest BCUT2D eigenvalue weighted by molar-refractivity contribution is 7.91. The molecule has 1 saturated carbocycles. The van der Waals surface area contributed by atoms with Crippen LogP contribution in [0, 0.1) is 5.92 Å². The smallest absolute Gasteiger partial charge is 0.223 e. The van der Waals surface area contributed by atoms with Crippen LogP contribution in [0.1, 0.15) is 38.5 Å². The van der Waals surface area contributed by atoms with Gasteiger partial charge in [0, 0.05) is 18.5 Å². The van der Waals surface area contributed by atoms with Gasteiger partial charge in [0.15, 0.2) is 9.84 Å². The molecule has 1 heterocycles. The van der Waals surface area contributed by atoms with Gasteiger partial charge >= 0.3 is 0 Å². The van der Waals surface area contributed by atoms with Crippen LogP contribution in [0.25, 0.3) is 0 Å². The Hall–Kier alpha value is -0.840. The van der Waals surface area contributed by atoms with Gasteiger partial charge in [-0.1, -0.05) is 12.2 Å². The zero-order valence-electron chi connectivity index (χ0n) is 11.1. The predicted octanol–water partition coefficient (Wildman–Crippen LogP) is 1.52. The molecule has 3 aliphatic rings. The van der Waals surface area contributed by atoms with Crippen molar-refractivity contribution in [2.45, 2.75) is 50.6 Å². The van der Waals surface area contributed by atoms with Crippen molar-refractivity contribution in [3.8, 4) is 0 Å². The van der Waals surface area contributed by atoms with Crippen molar-refractivity contribution in [2.24, 2.45) is 5.92 Å². The van der Waals surface area contributed by atoms with E-state index in [0.717, 1.165) is 25.7 Å². The van der Waals surface area contributed by atoms with Crippen molar-refractivity contribution in [3.63, 3.8) is 0 Å². The summed E-state index contributed by atoms with van der Waals surface area (Å²) in [6.45, 7) is 0. The van der Waals surface area contributed by atoms with Crippen LogP contribution < -0.4 is 0 Å². The summed E-state index contributed by atoms with van der Waals surface area (Å²) in [5.74, 6) is 0.959. The Balaban J connectivity index is 1.67. The Labute approximate surface area is 114 Å². The topological polar surface area (TPSA) is 54.5 Å². The number of nitrogens with zero attached hydrogens (tertiary/aromatic N) is 1. The second kappa shape index (κ2) is 4.93. The maximum Gasteiger partial charge on any atom is 0.223 e. The molecule has 1 saturated heterocycles. The lowest BCUT2D eigenvalue weighted by Gasteiger charge is -2.29. The molecule has 4 nitrogen and oxygen atoms in total. The number of sulfone groups is 1. The van der Waals surface area contributed by atoms with Gasteiger partial charge in [-0.15, -0.1) is 0 Å². The highest BCUT2D eigenvalue weighted by atomic mass is 32.2. The zero-order valence-corrected chi connectivity index (χ0v) is 11.9. The molecule has 1 aliphatic heterocycles. The summed E-state index contributed by atoms with van der Waals surface area (Å²) < 4.78 is 23.2. The second-order valence-corrected chi connectivity index (χ2v) is 8.29. The Morgan fingerprint density at radius 2 is 1.95 bits per heavy atom. The monoisotopic (exact) mass is 283 g/mol. The van der Waals surface area contributed by atoms with Crippen LogP contribution in [0.15, 0.2) is 12.2 Å². The molecule has 2 aliphatic carbocycles. The van der Waals surface area contributed by atoms with E-state index in [1.165, 1.54) is 0 Å². The molecule has 0 spiro atoms. The summed E-state index contributed by atoms with van der Waals surface area (Å²) in [6.07, 6.45) is 9.68. The molecule has 2 fully saturated rings. The van der Waals surface area contributed by atoms with Crippen molar-refractivity contribution in [1.82, 2.24) is 4.90 Å². The summed E-state index contributed by atoms with van der Waals surface area (Å²) >= 11 is 0. The summed E-state index contributed by atoms with van der Waals surface area (Å²) in [5.41, 5.74) is 0. The number of hydrogen-bond acceptors (Lipinski definition) is 3. The Kier molecular flexibility index (Phi) is 3.41. The third-order valence-electron chi connectivity index (χ3n) is 4.38. The number of hydrogen-bond donors (Lipinski definition) is 0. The summed E-state index contributed by atoms with van der Waals surface area (Å²) in [5, 5.41) is 0. The highest BCUT2D eigenvalue weighted by Gasteiger charge is 2.42. The minimum atomic E-state index is -2.91. The number of allylic oxidation sites excluding steroid dienone is 2. The van der Waals surface area contributed by atoms with Crippen LogP contribution in [0.5, 0.6) is 0 Å². The van der Waals surface area contributed by atoms with Crippen LogP contribution >= 0.6 is 0 Å². The molecule has 0 bridgehead atoms. The molecule has 1 amide bonds. The molecular formula is C14H21NO3S. The first-order chi connectivity index (χ1) is 9.05. The number of amides is 1. The lowest BCUT2D eigenvalue weighted by molar-refractivity contribution is -0.134. The van der Waals surface area contributed by atoms with Crippen molar-refractivity contribution >= 4 is 15.7 Å². The fraction of sp³-hybridized carbons (Fsp3) is 0.786. The van der Waals surface area contributed by atoms with Gasteiger partial charge in [-0.05, 0) is 38.0 Å². The van der Waals surface area contributed by atoms with Gasteiger partial charge in [-0.3, -0.25) is 4.79 Å². The molecule has 0 radical (unpaired) electrons. The third kappa shape index (κ3) is 3.02. The summed E-state index contributed by atoms with van der Waals surface area (Å²) in [4.78, 5) is 14.4. The van der Waals surface area contributed by atoms with Gasteiger partial charge in [0.05, 0.1) is 11.5 Å². The van der Waals surface area contributed by atoms with Crippen LogP contribution in [-0.4, -0.2) is 42.8 Å². The fourth-order valence-electron chi connectivity index (χ4n) is 3.25. The maximum atomic E-state index is 12.5. The predicted molar refractivity (Wildman–Crippen MR) is 73.4 cm³/mol. The van der Waals surface area contributed by atoms with Crippen molar-refractivity contribution < 1.29 is 13.2 Å². The van der Waals surface area contributed by atoms with E-state index in [2.05, 4.69) is 12.2 Å². The highest BCUT2D eigenvalue weighted by Crippen LogP contribution is 2.34. The van der Waals surface area contributed by atoms with Crippen LogP contribution in [0.4, 0.5) is 0 Å². The number of carbonyl (C=O) groups is 1. The van der Waals surface area contributed by atoms with Crippen LogP contribution in [0.3, 0.4) is 0 Å². The van der Waals surface area contributed by atoms with E-state index in [-0.39, 0.29) is 23.5 Å². The van der Waals surface area contributed by atoms with Gasteiger partial charge in [0.1, 0.15) is 0 Å². The van der Waals surface area contributed by atoms with Gasteiger partial charge in [0.25, 0.3) is 0 Å². The van der Waals surface area contributed by atoms with E-state index in [9.17, 15) is 13.2 Å². The minimum Gasteiger partial charge on any atom is -0.336 e. The molecule has 106 valence electrons. The van der Waals surface area contributed by atoms with Crippen LogP contribution in [-0.2, 0) is 14.6 Å². The average Bonchev–Trinajstić information content (AvgIpc) is 2.90. The van der Waals surface area contributed by atoms with Crippen molar-refractivity contribution in [3.05, 3.63) is 12.2 Å². The summed E-state index contributed by atoms with van der Waals surface area (Å²) in [6, 6.07) is 0.256. The molecular weight excluding hydrogens is 262 g/mol. The van der Waals surface area contributed by atoms with E-state index in [1.807, 2.05) is 4.90 Å². The van der Waals surface area contributed by atoms with E-state index in [0.29, 0.717) is 24.8 Å². The van der Waals surface area contributed by atoms with Gasteiger partial charge in [-0.2, -0.15) is 0 Å². The van der Waals surface area contributed by atoms with Gasteiger partial charge in [-0.25, -0.2) is 8.42 Å². The third-order valence-corrected chi connectivity index (χ3v) is 6.13. The molecule has 0 N–H and O–H groups in total. The first-order valence-electron chi connectivity index (χ1n) is 7.23. The van der Waals surface area contributed by atoms with E-state index >= 15 is 0 Å². The lowest BCUT2D eigenvalue weighted by Crippen LogP contribution is -2.43. The molecule has 0 aromatic carbocycles. The maximum absolute atomic E-state index is 12.5. The van der Waals surface area contributed by atoms with Crippen molar-refractivity contribution in [2.75, 3.05) is 11.5 Å². The van der Waals surface area contributed by atoms with E-state index in [1.54, 1.807) is 0 Å². The average molecular weight is 283 g/mol. The molecule has 2 atom stereocenters. The lowest BCUT2D eigenvalue weighted by atomic mass is 10.0. The Morgan fingerprint density at radius 3 is 2.47 bits per heavy atom. The second-order valence-electron chi connectivity index (χ2n) is 6.06. The Bertz CT molecular complexity index is 493. The molecule has 5 heteroatoms. The minimum absolute atomic E-state index is 0.0598. The fourth-order valence-corrected chi connectivity index (χ4v) is 4.96. The Morgan fingerprint density at radius 1 is 1.16 bits per heavy atom. The number of carbonyl (C=O) groups excluding carboxylic acids is 1. The molecule has 3 rings (SSSR count). The van der Waals surface area contributed by atoms with Crippen molar-refractivity contribution in [1.29, 1.82) is 0 Å². The SMILES string of the molecule is O=C(CC1C=CCC1)N(C1CC1)C1CCS(=O)(=O)C1. The zero-order chi connectivity index (χ0) is 13.5. The summed E-state index contributed by atoms with van der Waals surface area (Å²) in [7, 11) is -2.91. The molecule has 0 aromatic rings. The first-order valence-corrected chi connectivity index (χ1v) is 9.05. The quantitative estimate of drug-likeness (QED) is 0.735.